The average Bonchev–Trinajstić information content (AvgIpc) is 2.73. The summed E-state index contributed by atoms with van der Waals surface area (Å²) in [4.78, 5) is 41.2. The van der Waals surface area contributed by atoms with E-state index < -0.39 is 17.8 Å². The number of nitrogens with one attached hydrogen (secondary N) is 2. The number of anilines is 1. The van der Waals surface area contributed by atoms with E-state index >= 15 is 0 Å². The predicted molar refractivity (Wildman–Crippen MR) is 112 cm³/mol. The lowest BCUT2D eigenvalue weighted by atomic mass is 10.2. The molecule has 0 atom stereocenters. The van der Waals surface area contributed by atoms with E-state index in [2.05, 4.69) is 15.6 Å². The molecule has 2 aromatic carbocycles. The molecule has 1 heterocycles. The van der Waals surface area contributed by atoms with E-state index in [4.69, 9.17) is 5.11 Å². The van der Waals surface area contributed by atoms with Gasteiger partial charge in [0.05, 0.1) is 22.3 Å². The van der Waals surface area contributed by atoms with Crippen LogP contribution < -0.4 is 16.2 Å². The Balaban J connectivity index is 1.69. The smallest absolute Gasteiger partial charge is 0.325 e. The van der Waals surface area contributed by atoms with Crippen LogP contribution in [0, 0.1) is 5.82 Å². The number of halogens is 1. The van der Waals surface area contributed by atoms with Gasteiger partial charge in [0.15, 0.2) is 5.16 Å². The van der Waals surface area contributed by atoms with E-state index in [1.807, 2.05) is 0 Å². The minimum absolute atomic E-state index is 0.0514. The topological polar surface area (TPSA) is 113 Å². The first-order valence-electron chi connectivity index (χ1n) is 9.08. The summed E-state index contributed by atoms with van der Waals surface area (Å²) in [5, 5.41) is 14.2. The molecule has 3 amide bonds. The number of aromatic nitrogens is 2. The van der Waals surface area contributed by atoms with E-state index in [9.17, 15) is 18.8 Å². The predicted octanol–water partition coefficient (Wildman–Crippen LogP) is 2.36. The molecule has 30 heavy (non-hydrogen) atoms. The molecular formula is C20H19FN4O4S. The van der Waals surface area contributed by atoms with Gasteiger partial charge in [-0.3, -0.25) is 19.5 Å². The number of carbonyl (C=O) groups is 2. The molecule has 0 fully saturated rings. The second kappa shape index (κ2) is 9.99. The molecule has 8 nitrogen and oxygen atoms in total. The van der Waals surface area contributed by atoms with Crippen LogP contribution >= 0.6 is 11.8 Å². The number of benzene rings is 2. The van der Waals surface area contributed by atoms with Crippen molar-refractivity contribution in [2.45, 2.75) is 18.1 Å². The highest BCUT2D eigenvalue weighted by Crippen LogP contribution is 2.18. The number of urea groups is 1. The number of aliphatic hydroxyl groups is 1. The normalized spacial score (nSPS) is 10.7. The van der Waals surface area contributed by atoms with Crippen LogP contribution in [0.4, 0.5) is 14.9 Å². The monoisotopic (exact) mass is 430 g/mol. The van der Waals surface area contributed by atoms with E-state index in [1.165, 1.54) is 22.8 Å². The van der Waals surface area contributed by atoms with Crippen LogP contribution in [0.3, 0.4) is 0 Å². The van der Waals surface area contributed by atoms with Gasteiger partial charge < -0.3 is 10.4 Å². The quantitative estimate of drug-likeness (QED) is 0.392. The van der Waals surface area contributed by atoms with Gasteiger partial charge in [-0.15, -0.1) is 0 Å². The Labute approximate surface area is 175 Å². The molecule has 1 aromatic heterocycles. The Morgan fingerprint density at radius 1 is 1.13 bits per heavy atom. The summed E-state index contributed by atoms with van der Waals surface area (Å²) >= 11 is 0.990. The van der Waals surface area contributed by atoms with Crippen LogP contribution in [-0.2, 0) is 11.3 Å². The van der Waals surface area contributed by atoms with Crippen molar-refractivity contribution in [1.82, 2.24) is 14.9 Å². The number of carbonyl (C=O) groups excluding carboxylic acids is 2. The molecule has 3 rings (SSSR count). The van der Waals surface area contributed by atoms with Crippen molar-refractivity contribution >= 4 is 40.3 Å². The SMILES string of the molecule is O=C(CSc1nc2ccccc2c(=O)n1CCCO)NC(=O)Nc1ccccc1F. The van der Waals surface area contributed by atoms with Crippen molar-refractivity contribution in [3.63, 3.8) is 0 Å². The zero-order chi connectivity index (χ0) is 21.5. The summed E-state index contributed by atoms with van der Waals surface area (Å²) in [5.41, 5.74) is 0.168. The van der Waals surface area contributed by atoms with Crippen molar-refractivity contribution < 1.29 is 19.1 Å². The van der Waals surface area contributed by atoms with Crippen molar-refractivity contribution in [3.05, 3.63) is 64.7 Å². The van der Waals surface area contributed by atoms with E-state index in [0.717, 1.165) is 11.8 Å². The van der Waals surface area contributed by atoms with Crippen LogP contribution in [-0.4, -0.2) is 39.0 Å². The van der Waals surface area contributed by atoms with Gasteiger partial charge in [-0.25, -0.2) is 14.2 Å². The number of thioether (sulfide) groups is 1. The third kappa shape index (κ3) is 5.22. The summed E-state index contributed by atoms with van der Waals surface area (Å²) < 4.78 is 15.0. The first-order chi connectivity index (χ1) is 14.5. The Morgan fingerprint density at radius 3 is 2.63 bits per heavy atom. The lowest BCUT2D eigenvalue weighted by Crippen LogP contribution is -2.36. The van der Waals surface area contributed by atoms with E-state index in [0.29, 0.717) is 22.5 Å². The fourth-order valence-electron chi connectivity index (χ4n) is 2.69. The minimum atomic E-state index is -0.866. The minimum Gasteiger partial charge on any atom is -0.396 e. The van der Waals surface area contributed by atoms with Gasteiger partial charge in [0.25, 0.3) is 5.56 Å². The van der Waals surface area contributed by atoms with Gasteiger partial charge in [0.2, 0.25) is 5.91 Å². The Morgan fingerprint density at radius 2 is 1.87 bits per heavy atom. The molecule has 0 saturated carbocycles. The van der Waals surface area contributed by atoms with Crippen molar-refractivity contribution in [2.75, 3.05) is 17.7 Å². The van der Waals surface area contributed by atoms with Crippen molar-refractivity contribution in [3.8, 4) is 0 Å². The van der Waals surface area contributed by atoms with Crippen molar-refractivity contribution in [2.24, 2.45) is 0 Å². The van der Waals surface area contributed by atoms with Crippen LogP contribution in [0.15, 0.2) is 58.5 Å². The molecule has 0 spiro atoms. The summed E-state index contributed by atoms with van der Waals surface area (Å²) in [6.07, 6.45) is 0.352. The van der Waals surface area contributed by atoms with Gasteiger partial charge in [-0.05, 0) is 30.7 Å². The van der Waals surface area contributed by atoms with Crippen LogP contribution in [0.5, 0.6) is 0 Å². The molecule has 0 aliphatic carbocycles. The fourth-order valence-corrected chi connectivity index (χ4v) is 3.52. The third-order valence-electron chi connectivity index (χ3n) is 4.07. The molecule has 0 saturated heterocycles. The van der Waals surface area contributed by atoms with Gasteiger partial charge in [-0.1, -0.05) is 36.0 Å². The number of hydrogen-bond acceptors (Lipinski definition) is 6. The second-order valence-electron chi connectivity index (χ2n) is 6.22. The zero-order valence-electron chi connectivity index (χ0n) is 15.8. The average molecular weight is 430 g/mol. The molecule has 10 heteroatoms. The molecule has 0 unspecified atom stereocenters. The summed E-state index contributed by atoms with van der Waals surface area (Å²) in [7, 11) is 0. The number of fused-ring (bicyclic) bond motifs is 1. The van der Waals surface area contributed by atoms with Gasteiger partial charge in [-0.2, -0.15) is 0 Å². The molecule has 0 radical (unpaired) electrons. The first-order valence-corrected chi connectivity index (χ1v) is 10.1. The maximum absolute atomic E-state index is 13.6. The van der Waals surface area contributed by atoms with E-state index in [1.54, 1.807) is 30.3 Å². The van der Waals surface area contributed by atoms with Crippen LogP contribution in [0.1, 0.15) is 6.42 Å². The summed E-state index contributed by atoms with van der Waals surface area (Å²) in [5.74, 6) is -1.44. The first kappa shape index (κ1) is 21.5. The largest absolute Gasteiger partial charge is 0.396 e. The Kier molecular flexibility index (Phi) is 7.15. The van der Waals surface area contributed by atoms with Crippen LogP contribution in [0.2, 0.25) is 0 Å². The maximum Gasteiger partial charge on any atom is 0.325 e. The molecule has 0 bridgehead atoms. The number of amides is 3. The van der Waals surface area contributed by atoms with Crippen LogP contribution in [0.25, 0.3) is 10.9 Å². The lowest BCUT2D eigenvalue weighted by molar-refractivity contribution is -0.117. The van der Waals surface area contributed by atoms with Gasteiger partial charge in [0, 0.05) is 13.2 Å². The standard InChI is InChI=1S/C20H19FN4O4S/c21-14-7-2-4-9-16(14)22-19(29)24-17(27)12-30-20-23-15-8-3-1-6-13(15)18(28)25(20)10-5-11-26/h1-4,6-9,26H,5,10-12H2,(H2,22,24,27,29). The lowest BCUT2D eigenvalue weighted by Gasteiger charge is -2.12. The fraction of sp³-hybridized carbons (Fsp3) is 0.200. The Bertz CT molecular complexity index is 1140. The molecular weight excluding hydrogens is 411 g/mol. The number of imide groups is 1. The molecule has 3 aromatic rings. The highest BCUT2D eigenvalue weighted by atomic mass is 32.2. The molecule has 3 N–H and O–H groups in total. The number of hydrogen-bond donors (Lipinski definition) is 3. The van der Waals surface area contributed by atoms with Gasteiger partial charge >= 0.3 is 6.03 Å². The summed E-state index contributed by atoms with van der Waals surface area (Å²) in [6, 6.07) is 11.6. The molecule has 0 aliphatic heterocycles. The molecule has 156 valence electrons. The third-order valence-corrected chi connectivity index (χ3v) is 5.05. The van der Waals surface area contributed by atoms with E-state index in [-0.39, 0.29) is 30.2 Å². The summed E-state index contributed by atoms with van der Waals surface area (Å²) in [6.45, 7) is 0.144. The maximum atomic E-state index is 13.6. The Hall–Kier alpha value is -3.24. The van der Waals surface area contributed by atoms with Crippen molar-refractivity contribution in [1.29, 1.82) is 0 Å². The molecule has 0 aliphatic rings. The van der Waals surface area contributed by atoms with Gasteiger partial charge in [0.1, 0.15) is 5.82 Å². The number of nitrogens with zero attached hydrogens (tertiary/aromatic N) is 2. The number of para-hydroxylation sites is 2. The second-order valence-corrected chi connectivity index (χ2v) is 7.16. The number of rotatable bonds is 7. The zero-order valence-corrected chi connectivity index (χ0v) is 16.6. The highest BCUT2D eigenvalue weighted by Gasteiger charge is 2.15. The number of aliphatic hydroxyl groups excluding tert-OH is 1. The highest BCUT2D eigenvalue weighted by molar-refractivity contribution is 7.99.